The van der Waals surface area contributed by atoms with E-state index in [2.05, 4.69) is 21.2 Å². The molecule has 1 aromatic carbocycles. The number of likely N-dealkylation sites (tertiary alicyclic amines) is 1. The van der Waals surface area contributed by atoms with Gasteiger partial charge in [-0.15, -0.1) is 0 Å². The number of rotatable bonds is 2. The van der Waals surface area contributed by atoms with E-state index in [-0.39, 0.29) is 11.7 Å². The van der Waals surface area contributed by atoms with Gasteiger partial charge in [-0.1, -0.05) is 0 Å². The van der Waals surface area contributed by atoms with Gasteiger partial charge in [-0.3, -0.25) is 4.79 Å². The summed E-state index contributed by atoms with van der Waals surface area (Å²) in [6, 6.07) is 4.89. The average molecular weight is 315 g/mol. The monoisotopic (exact) mass is 314 g/mol. The molecule has 1 fully saturated rings. The Morgan fingerprint density at radius 3 is 2.67 bits per heavy atom. The van der Waals surface area contributed by atoms with E-state index < -0.39 is 0 Å². The second-order valence-electron chi connectivity index (χ2n) is 4.48. The molecule has 3 nitrogen and oxygen atoms in total. The molecule has 1 heterocycles. The van der Waals surface area contributed by atoms with Gasteiger partial charge in [0.15, 0.2) is 0 Å². The summed E-state index contributed by atoms with van der Waals surface area (Å²) >= 11 is 3.10. The molecule has 18 heavy (non-hydrogen) atoms. The van der Waals surface area contributed by atoms with Crippen molar-refractivity contribution in [2.45, 2.75) is 18.9 Å². The number of hydrogen-bond donors (Lipinski definition) is 1. The maximum Gasteiger partial charge on any atom is 0.253 e. The summed E-state index contributed by atoms with van der Waals surface area (Å²) < 4.78 is 13.5. The number of nitrogens with one attached hydrogen (secondary N) is 1. The zero-order valence-corrected chi connectivity index (χ0v) is 11.8. The van der Waals surface area contributed by atoms with Crippen LogP contribution in [0.25, 0.3) is 0 Å². The third-order valence-corrected chi connectivity index (χ3v) is 3.96. The number of carbonyl (C=O) groups excluding carboxylic acids is 1. The first-order valence-electron chi connectivity index (χ1n) is 6.03. The van der Waals surface area contributed by atoms with Crippen LogP contribution in [0.4, 0.5) is 4.39 Å². The summed E-state index contributed by atoms with van der Waals surface area (Å²) in [6.45, 7) is 1.50. The van der Waals surface area contributed by atoms with Crippen molar-refractivity contribution in [3.63, 3.8) is 0 Å². The largest absolute Gasteiger partial charge is 0.339 e. The number of piperidine rings is 1. The van der Waals surface area contributed by atoms with E-state index in [1.54, 1.807) is 6.07 Å². The van der Waals surface area contributed by atoms with E-state index in [4.69, 9.17) is 0 Å². The third-order valence-electron chi connectivity index (χ3n) is 3.36. The first kappa shape index (κ1) is 13.5. The summed E-state index contributed by atoms with van der Waals surface area (Å²) in [5, 5.41) is 3.22. The molecule has 98 valence electrons. The maximum absolute atomic E-state index is 13.1. The van der Waals surface area contributed by atoms with Gasteiger partial charge in [-0.25, -0.2) is 4.39 Å². The lowest BCUT2D eigenvalue weighted by molar-refractivity contribution is 0.0707. The molecular weight excluding hydrogens is 299 g/mol. The Labute approximate surface area is 114 Å². The molecule has 0 atom stereocenters. The molecule has 0 bridgehead atoms. The minimum atomic E-state index is -0.347. The number of halogens is 2. The fourth-order valence-electron chi connectivity index (χ4n) is 2.18. The highest BCUT2D eigenvalue weighted by molar-refractivity contribution is 9.10. The molecule has 1 amide bonds. The van der Waals surface area contributed by atoms with Gasteiger partial charge in [0, 0.05) is 24.7 Å². The zero-order valence-electron chi connectivity index (χ0n) is 10.2. The summed E-state index contributed by atoms with van der Waals surface area (Å²) in [4.78, 5) is 14.0. The lowest BCUT2D eigenvalue weighted by Crippen LogP contribution is -2.43. The SMILES string of the molecule is CNC1CCN(C(=O)c2ccc(F)c(Br)c2)CC1. The number of amides is 1. The number of benzene rings is 1. The minimum Gasteiger partial charge on any atom is -0.339 e. The Morgan fingerprint density at radius 1 is 1.44 bits per heavy atom. The van der Waals surface area contributed by atoms with Gasteiger partial charge in [0.25, 0.3) is 5.91 Å². The Morgan fingerprint density at radius 2 is 2.11 bits per heavy atom. The molecule has 0 radical (unpaired) electrons. The van der Waals surface area contributed by atoms with Gasteiger partial charge in [0.05, 0.1) is 4.47 Å². The third kappa shape index (κ3) is 2.90. The van der Waals surface area contributed by atoms with Crippen molar-refractivity contribution in [2.75, 3.05) is 20.1 Å². The van der Waals surface area contributed by atoms with Gasteiger partial charge >= 0.3 is 0 Å². The number of carbonyl (C=O) groups is 1. The van der Waals surface area contributed by atoms with E-state index >= 15 is 0 Å². The van der Waals surface area contributed by atoms with Crippen LogP contribution in [-0.2, 0) is 0 Å². The van der Waals surface area contributed by atoms with Crippen LogP contribution in [0.15, 0.2) is 22.7 Å². The maximum atomic E-state index is 13.1. The van der Waals surface area contributed by atoms with Crippen molar-refractivity contribution in [1.82, 2.24) is 10.2 Å². The van der Waals surface area contributed by atoms with Crippen molar-refractivity contribution in [3.8, 4) is 0 Å². The van der Waals surface area contributed by atoms with Crippen molar-refractivity contribution in [2.24, 2.45) is 0 Å². The van der Waals surface area contributed by atoms with Crippen LogP contribution in [0.2, 0.25) is 0 Å². The van der Waals surface area contributed by atoms with Crippen LogP contribution in [0.3, 0.4) is 0 Å². The first-order chi connectivity index (χ1) is 8.61. The Bertz CT molecular complexity index is 445. The molecule has 1 aromatic rings. The molecule has 0 saturated carbocycles. The predicted molar refractivity (Wildman–Crippen MR) is 72.1 cm³/mol. The smallest absolute Gasteiger partial charge is 0.253 e. The molecule has 0 aromatic heterocycles. The van der Waals surface area contributed by atoms with Gasteiger partial charge < -0.3 is 10.2 Å². The molecule has 0 unspecified atom stereocenters. The van der Waals surface area contributed by atoms with Crippen LogP contribution in [0, 0.1) is 5.82 Å². The fourth-order valence-corrected chi connectivity index (χ4v) is 2.56. The second-order valence-corrected chi connectivity index (χ2v) is 5.34. The highest BCUT2D eigenvalue weighted by Gasteiger charge is 2.22. The summed E-state index contributed by atoms with van der Waals surface area (Å²) in [5.74, 6) is -0.370. The second kappa shape index (κ2) is 5.80. The summed E-state index contributed by atoms with van der Waals surface area (Å²) in [7, 11) is 1.94. The molecule has 1 saturated heterocycles. The topological polar surface area (TPSA) is 32.3 Å². The van der Waals surface area contributed by atoms with Crippen LogP contribution in [0.5, 0.6) is 0 Å². The van der Waals surface area contributed by atoms with Crippen molar-refractivity contribution in [1.29, 1.82) is 0 Å². The highest BCUT2D eigenvalue weighted by Crippen LogP contribution is 2.19. The van der Waals surface area contributed by atoms with E-state index in [1.165, 1.54) is 12.1 Å². The van der Waals surface area contributed by atoms with Crippen molar-refractivity contribution >= 4 is 21.8 Å². The molecule has 1 aliphatic heterocycles. The molecule has 1 N–H and O–H groups in total. The van der Waals surface area contributed by atoms with Crippen LogP contribution < -0.4 is 5.32 Å². The molecule has 5 heteroatoms. The normalized spacial score (nSPS) is 16.9. The van der Waals surface area contributed by atoms with Crippen molar-refractivity contribution in [3.05, 3.63) is 34.1 Å². The minimum absolute atomic E-state index is 0.0229. The Kier molecular flexibility index (Phi) is 4.35. The highest BCUT2D eigenvalue weighted by atomic mass is 79.9. The Balaban J connectivity index is 2.05. The number of nitrogens with zero attached hydrogens (tertiary/aromatic N) is 1. The van der Waals surface area contributed by atoms with Gasteiger partial charge in [-0.05, 0) is 54.0 Å². The lowest BCUT2D eigenvalue weighted by atomic mass is 10.0. The van der Waals surface area contributed by atoms with Crippen LogP contribution in [0.1, 0.15) is 23.2 Å². The van der Waals surface area contributed by atoms with Gasteiger partial charge in [0.2, 0.25) is 0 Å². The predicted octanol–water partition coefficient (Wildman–Crippen LogP) is 2.41. The van der Waals surface area contributed by atoms with E-state index in [9.17, 15) is 9.18 Å². The first-order valence-corrected chi connectivity index (χ1v) is 6.82. The summed E-state index contributed by atoms with van der Waals surface area (Å²) in [6.07, 6.45) is 1.93. The van der Waals surface area contributed by atoms with Crippen LogP contribution >= 0.6 is 15.9 Å². The molecular formula is C13H16BrFN2O. The van der Waals surface area contributed by atoms with E-state index in [0.29, 0.717) is 16.1 Å². The van der Waals surface area contributed by atoms with Crippen molar-refractivity contribution < 1.29 is 9.18 Å². The Hall–Kier alpha value is -0.940. The van der Waals surface area contributed by atoms with E-state index in [0.717, 1.165) is 25.9 Å². The van der Waals surface area contributed by atoms with Gasteiger partial charge in [-0.2, -0.15) is 0 Å². The van der Waals surface area contributed by atoms with Gasteiger partial charge in [0.1, 0.15) is 5.82 Å². The average Bonchev–Trinajstić information content (AvgIpc) is 2.41. The molecule has 1 aliphatic rings. The zero-order chi connectivity index (χ0) is 13.1. The number of hydrogen-bond acceptors (Lipinski definition) is 2. The summed E-state index contributed by atoms with van der Waals surface area (Å²) in [5.41, 5.74) is 0.534. The quantitative estimate of drug-likeness (QED) is 0.909. The lowest BCUT2D eigenvalue weighted by Gasteiger charge is -2.31. The van der Waals surface area contributed by atoms with E-state index in [1.807, 2.05) is 11.9 Å². The van der Waals surface area contributed by atoms with Crippen LogP contribution in [-0.4, -0.2) is 37.0 Å². The standard InChI is InChI=1S/C13H16BrFN2O/c1-16-10-4-6-17(7-5-10)13(18)9-2-3-12(15)11(14)8-9/h2-3,8,10,16H,4-7H2,1H3. The molecule has 0 spiro atoms. The fraction of sp³-hybridized carbons (Fsp3) is 0.462. The molecule has 0 aliphatic carbocycles. The molecule has 2 rings (SSSR count).